The van der Waals surface area contributed by atoms with Crippen molar-refractivity contribution in [3.63, 3.8) is 0 Å². The maximum Gasteiger partial charge on any atom is 0.0729 e. The van der Waals surface area contributed by atoms with Crippen molar-refractivity contribution in [1.29, 1.82) is 0 Å². The van der Waals surface area contributed by atoms with Crippen molar-refractivity contribution < 1.29 is 1050 Å². The summed E-state index contributed by atoms with van der Waals surface area (Å²) in [5.41, 5.74) is 29.5. The maximum atomic E-state index is 4.69. The van der Waals surface area contributed by atoms with Gasteiger partial charge < -0.3 is 65.0 Å². The van der Waals surface area contributed by atoms with E-state index in [9.17, 15) is 0 Å². The molecule has 532 valence electrons. The van der Waals surface area contributed by atoms with Crippen LogP contribution in [0.5, 0.6) is 0 Å². The predicted molar refractivity (Wildman–Crippen MR) is 360 cm³/mol. The number of nitrogens with zero attached hydrogens (tertiary/aromatic N) is 1. The summed E-state index contributed by atoms with van der Waals surface area (Å²) >= 11 is 0. The van der Waals surface area contributed by atoms with Crippen molar-refractivity contribution in [3.05, 3.63) is 341 Å². The van der Waals surface area contributed by atoms with Gasteiger partial charge in [0.15, 0.2) is 0 Å². The van der Waals surface area contributed by atoms with E-state index in [-0.39, 0.29) is 1110 Å². The number of rotatable bonds is 2. The summed E-state index contributed by atoms with van der Waals surface area (Å²) in [5.74, 6) is 0.711. The minimum absolute atomic E-state index is 0. The molecule has 0 bridgehead atoms. The molecule has 1 heterocycles. The zero-order valence-electron chi connectivity index (χ0n) is 72.2. The molecule has 4 aliphatic carbocycles. The molecule has 1 nitrogen and oxygen atoms in total. The van der Waals surface area contributed by atoms with E-state index in [4.69, 9.17) is 0 Å². The zero-order valence-corrected chi connectivity index (χ0v) is 163. The van der Waals surface area contributed by atoms with Gasteiger partial charge >= 0.3 is 0 Å². The topological polar surface area (TPSA) is 12.4 Å². The van der Waals surface area contributed by atoms with E-state index in [1.54, 1.807) is 5.56 Å². The van der Waals surface area contributed by atoms with Gasteiger partial charge in [-0.1, -0.05) is 167 Å². The first-order valence-corrected chi connectivity index (χ1v) is 26.5. The van der Waals surface area contributed by atoms with Crippen LogP contribution in [0, 0.1) is 137 Å². The van der Waals surface area contributed by atoms with Crippen LogP contribution in [0.4, 0.5) is 0 Å². The summed E-state index contributed by atoms with van der Waals surface area (Å²) in [6.07, 6.45) is 15.6. The maximum absolute atomic E-state index is 4.69. The van der Waals surface area contributed by atoms with Gasteiger partial charge in [0.25, 0.3) is 0 Å². The Morgan fingerprint density at radius 3 is 1.14 bits per heavy atom. The SMILES string of the molecule is CC.CC.CC1=C(c2ccccc2)C(c2ccccc2)=NC1.CC1=[C-]c2ccc(C)[c-]c2C1.CC1=[C-]c2ccccc2C1.Cc1[c-]c2c(cc1)CC(C)[CH-]2.Cc1[c-]c2c(cc1)CCc1c(ccc(C)c1C)C2.[CH3-].[CH3-].[CH3-].[CH3-].[CH3-].[CH3-].[CH3-].[CH3-].[Y].[Y].[Y].[Y].[Y].[Y].[Y].[Y].[Y].[Y].[Y].[Y].[Y].[Y].[Y].[Y].[Y].[Y].[Y].[Y].[Y].[Y].[Y].[Y].[Y].[Y].[Y].[Y].[Y].[Y].[Y].[Y]. The number of fused-ring (bicyclic) bond motifs is 5. The van der Waals surface area contributed by atoms with E-state index in [1.807, 2.05) is 39.8 Å². The van der Waals surface area contributed by atoms with Crippen LogP contribution in [0.25, 0.3) is 5.57 Å². The van der Waals surface area contributed by atoms with Crippen LogP contribution in [0.15, 0.2) is 155 Å². The third-order valence-electron chi connectivity index (χ3n) is 13.5. The fraction of sp³-hybridized carbons (Fsp3) is 0.266. The van der Waals surface area contributed by atoms with Crippen LogP contribution in [0.2, 0.25) is 0 Å². The molecule has 0 amide bonds. The molecule has 0 fully saturated rings. The Bertz CT molecular complexity index is 3110. The van der Waals surface area contributed by atoms with Gasteiger partial charge in [0.1, 0.15) is 0 Å². The molecule has 33 heteroatoms. The Morgan fingerprint density at radius 1 is 0.330 bits per heavy atom. The monoisotopic (exact) mass is 3910 g/mol. The number of allylic oxidation sites excluding steroid dienone is 3. The first kappa shape index (κ1) is 246. The van der Waals surface area contributed by atoms with Gasteiger partial charge in [0.05, 0.1) is 12.3 Å². The molecule has 7 aromatic carbocycles. The summed E-state index contributed by atoms with van der Waals surface area (Å²) in [7, 11) is 0. The smallest absolute Gasteiger partial charge is 0.0729 e. The molecule has 0 N–H and O–H groups in total. The van der Waals surface area contributed by atoms with Crippen LogP contribution in [-0.2, 0) is 1090 Å². The van der Waals surface area contributed by atoms with Crippen molar-refractivity contribution in [2.75, 3.05) is 6.54 Å². The molecule has 1 aliphatic heterocycles. The number of aryl methyl sites for hydroxylation is 5. The van der Waals surface area contributed by atoms with E-state index < -0.39 is 0 Å². The second-order valence-electron chi connectivity index (χ2n) is 19.3. The minimum Gasteiger partial charge on any atom is -0.358 e. The average molecular weight is 3910 g/mol. The normalized spacial score (nSPS) is 9.51. The van der Waals surface area contributed by atoms with Crippen molar-refractivity contribution in [2.45, 2.75) is 129 Å². The van der Waals surface area contributed by atoms with E-state index >= 15 is 0 Å². The summed E-state index contributed by atoms with van der Waals surface area (Å²) < 4.78 is 0. The first-order chi connectivity index (χ1) is 34.9. The number of benzene rings is 7. The van der Waals surface area contributed by atoms with Crippen LogP contribution < -0.4 is 0 Å². The standard InChI is InChI=1S/C18H19.C17H15N.C11H12.C11H10.C10H9.2C2H6.8CH3.32Y/c1-12-4-6-15-8-9-18-14(3)13(2)5-7-16(18)11-17(15)10-12;1-13-12-18-17(15-10-6-3-7-11-15)16(13)14-8-4-2-5-9-14;2*1-8-3-4-10-6-9(2)7-11(10)5-8;1-8-6-9-4-2-3-5-10(9)7-8;2*1-2;;;;;;;;;;;;;;;;;;;;;;;;;;;;;;;;;;;;;;;;/h4-7H,8-9,11H2,1-3H3;2-11H,12H2,1H3;3-4,7,9H,6H2,1-2H3;3-4H,7H2,1-2H3;2-5H,6H2,1H3;2*1-2H3;8*1H3;;;;;;;;;;;;;;;;;;;;;;;;;;;;;;;;/q-1;;2*-2;-1;;;8*-1;;;;;;;;;;;;;;;;;;;;;;;;;;;;;;;;. The molecule has 0 aromatic heterocycles. The second kappa shape index (κ2) is 150. The quantitative estimate of drug-likeness (QED) is 0.153. The van der Waals surface area contributed by atoms with Crippen molar-refractivity contribution >= 4 is 11.3 Å². The molecule has 112 heavy (non-hydrogen) atoms. The third-order valence-corrected chi connectivity index (χ3v) is 13.5. The molecule has 1 unspecified atom stereocenters. The third kappa shape index (κ3) is 95.7. The molecule has 1 atom stereocenters. The van der Waals surface area contributed by atoms with Crippen molar-refractivity contribution in [1.82, 2.24) is 0 Å². The second-order valence-corrected chi connectivity index (χ2v) is 19.3. The van der Waals surface area contributed by atoms with E-state index in [1.165, 1.54) is 124 Å². The Morgan fingerprint density at radius 2 is 0.696 bits per heavy atom. The molecule has 0 saturated carbocycles. The molecule has 32 radical (unpaired) electrons. The van der Waals surface area contributed by atoms with Gasteiger partial charge in [0.2, 0.25) is 0 Å². The van der Waals surface area contributed by atoms with E-state index in [0.29, 0.717) is 5.92 Å². The summed E-state index contributed by atoms with van der Waals surface area (Å²) in [5, 5.41) is 0. The summed E-state index contributed by atoms with van der Waals surface area (Å²) in [6.45, 7) is 28.3. The van der Waals surface area contributed by atoms with Gasteiger partial charge in [-0.15, -0.1) is 35.6 Å². The Labute approximate surface area is 1500 Å². The zero-order chi connectivity index (χ0) is 51.7. The van der Waals surface area contributed by atoms with Crippen LogP contribution in [-0.4, -0.2) is 12.3 Å². The Hall–Kier alpha value is 28.6. The van der Waals surface area contributed by atoms with Gasteiger partial charge in [-0.2, -0.15) is 63.7 Å². The molecule has 7 aromatic rings. The number of hydrogen-bond donors (Lipinski definition) is 0. The van der Waals surface area contributed by atoms with Crippen LogP contribution in [0.1, 0.15) is 150 Å². The number of aliphatic imine (C=N–C) groups is 1. The molecule has 12 rings (SSSR count). The minimum atomic E-state index is 0. The van der Waals surface area contributed by atoms with Gasteiger partial charge in [-0.25, -0.2) is 47.9 Å². The average Bonchev–Trinajstić information content (AvgIpc) is 1.75. The summed E-state index contributed by atoms with van der Waals surface area (Å²) in [6, 6.07) is 57.2. The first-order valence-electron chi connectivity index (χ1n) is 26.5. The van der Waals surface area contributed by atoms with E-state index in [2.05, 4.69) is 225 Å². The molecule has 5 aliphatic rings. The van der Waals surface area contributed by atoms with Gasteiger partial charge in [0, 0.05) is 1060 Å². The fourth-order valence-corrected chi connectivity index (χ4v) is 9.82. The predicted octanol–water partition coefficient (Wildman–Crippen LogP) is 21.0. The van der Waals surface area contributed by atoms with Gasteiger partial charge in [-0.05, 0) is 67.0 Å². The molecular weight excluding hydrogens is 3810 g/mol. The largest absolute Gasteiger partial charge is 0.358 e. The summed E-state index contributed by atoms with van der Waals surface area (Å²) in [4.78, 5) is 4.69. The van der Waals surface area contributed by atoms with Gasteiger partial charge in [-0.3, -0.25) is 28.3 Å². The number of hydrogen-bond acceptors (Lipinski definition) is 1. The molecule has 0 saturated heterocycles. The van der Waals surface area contributed by atoms with Crippen LogP contribution in [0.3, 0.4) is 0 Å². The fourth-order valence-electron chi connectivity index (χ4n) is 9.82. The van der Waals surface area contributed by atoms with Crippen molar-refractivity contribution in [2.24, 2.45) is 10.9 Å². The van der Waals surface area contributed by atoms with E-state index in [0.717, 1.165) is 37.9 Å². The molecular formula is C79H101NY32-14. The Kier molecular flexibility index (Phi) is 330. The Balaban J connectivity index is -0.0000000184. The van der Waals surface area contributed by atoms with Crippen molar-refractivity contribution in [3.8, 4) is 0 Å². The molecule has 0 spiro atoms. The van der Waals surface area contributed by atoms with Crippen LogP contribution >= 0.6 is 0 Å².